The van der Waals surface area contributed by atoms with Gasteiger partial charge in [-0.1, -0.05) is 60.7 Å². The van der Waals surface area contributed by atoms with E-state index in [1.807, 2.05) is 60.7 Å². The van der Waals surface area contributed by atoms with Crippen LogP contribution in [0.15, 0.2) is 88.7 Å². The second-order valence-electron chi connectivity index (χ2n) is 6.27. The van der Waals surface area contributed by atoms with Gasteiger partial charge in [-0.2, -0.15) is 5.10 Å². The van der Waals surface area contributed by atoms with Crippen LogP contribution in [0.4, 0.5) is 0 Å². The highest BCUT2D eigenvalue weighted by atomic mass is 16.2. The number of aromatic nitrogens is 4. The van der Waals surface area contributed by atoms with E-state index >= 15 is 0 Å². The van der Waals surface area contributed by atoms with Crippen molar-refractivity contribution in [3.63, 3.8) is 0 Å². The lowest BCUT2D eigenvalue weighted by atomic mass is 9.98. The number of nitrogens with one attached hydrogen (secondary N) is 1. The lowest BCUT2D eigenvalue weighted by molar-refractivity contribution is 0.627. The third-order valence-electron chi connectivity index (χ3n) is 4.57. The Hall–Kier alpha value is -3.67. The Morgan fingerprint density at radius 1 is 0.889 bits per heavy atom. The molecule has 2 heterocycles. The Morgan fingerprint density at radius 2 is 1.48 bits per heavy atom. The lowest BCUT2D eigenvalue weighted by Gasteiger charge is -2.21. The van der Waals surface area contributed by atoms with Gasteiger partial charge in [0.05, 0.1) is 17.3 Å². The fourth-order valence-electron chi connectivity index (χ4n) is 3.28. The van der Waals surface area contributed by atoms with Gasteiger partial charge in [-0.15, -0.1) is 0 Å². The zero-order chi connectivity index (χ0) is 18.8. The molecule has 0 spiro atoms. The topological polar surface area (TPSA) is 72.7 Å². The van der Waals surface area contributed by atoms with Gasteiger partial charge in [-0.05, 0) is 17.2 Å². The molecule has 6 heteroatoms. The van der Waals surface area contributed by atoms with Gasteiger partial charge in [0.2, 0.25) is 0 Å². The first-order chi connectivity index (χ1) is 13.1. The van der Waals surface area contributed by atoms with E-state index in [1.54, 1.807) is 34.8 Å². The summed E-state index contributed by atoms with van der Waals surface area (Å²) >= 11 is 0. The summed E-state index contributed by atoms with van der Waals surface area (Å²) in [5.74, 6) is 0. The van der Waals surface area contributed by atoms with Crippen molar-refractivity contribution in [2.24, 2.45) is 7.05 Å². The fourth-order valence-corrected chi connectivity index (χ4v) is 3.28. The second-order valence-corrected chi connectivity index (χ2v) is 6.27. The number of rotatable bonds is 4. The van der Waals surface area contributed by atoms with Gasteiger partial charge in [0, 0.05) is 19.4 Å². The fraction of sp³-hybridized carbons (Fsp3) is 0.0952. The van der Waals surface area contributed by atoms with E-state index in [4.69, 9.17) is 0 Å². The van der Waals surface area contributed by atoms with Crippen molar-refractivity contribution in [1.82, 2.24) is 19.3 Å². The molecule has 0 aliphatic carbocycles. The maximum atomic E-state index is 12.7. The molecule has 6 nitrogen and oxygen atoms in total. The van der Waals surface area contributed by atoms with Crippen molar-refractivity contribution in [1.29, 1.82) is 0 Å². The van der Waals surface area contributed by atoms with Crippen LogP contribution >= 0.6 is 0 Å². The van der Waals surface area contributed by atoms with Gasteiger partial charge in [-0.25, -0.2) is 4.79 Å². The van der Waals surface area contributed by atoms with Gasteiger partial charge in [0.25, 0.3) is 5.56 Å². The number of nitrogens with zero attached hydrogens (tertiary/aromatic N) is 3. The molecule has 0 radical (unpaired) electrons. The lowest BCUT2D eigenvalue weighted by Crippen LogP contribution is -2.34. The Labute approximate surface area is 155 Å². The van der Waals surface area contributed by atoms with Crippen molar-refractivity contribution < 1.29 is 0 Å². The molecule has 0 amide bonds. The van der Waals surface area contributed by atoms with E-state index in [9.17, 15) is 9.59 Å². The molecule has 2 aromatic heterocycles. The highest BCUT2D eigenvalue weighted by Crippen LogP contribution is 2.26. The summed E-state index contributed by atoms with van der Waals surface area (Å²) in [6.45, 7) is 0. The zero-order valence-corrected chi connectivity index (χ0v) is 14.7. The quantitative estimate of drug-likeness (QED) is 0.609. The van der Waals surface area contributed by atoms with Crippen LogP contribution in [0.3, 0.4) is 0 Å². The molecule has 4 rings (SSSR count). The Morgan fingerprint density at radius 3 is 2.00 bits per heavy atom. The summed E-state index contributed by atoms with van der Waals surface area (Å²) in [4.78, 5) is 27.6. The SMILES string of the molecule is Cn1nccc1-c1cn(C(c2ccccc2)c2ccccc2)c(=O)[nH]c1=O. The Bertz CT molecular complexity index is 1130. The van der Waals surface area contributed by atoms with Crippen LogP contribution in [0.25, 0.3) is 11.3 Å². The first-order valence-corrected chi connectivity index (χ1v) is 8.59. The van der Waals surface area contributed by atoms with Crippen LogP contribution in [0.2, 0.25) is 0 Å². The molecule has 0 fully saturated rings. The zero-order valence-electron chi connectivity index (χ0n) is 14.7. The van der Waals surface area contributed by atoms with Gasteiger partial charge in [0.15, 0.2) is 0 Å². The van der Waals surface area contributed by atoms with Gasteiger partial charge in [-0.3, -0.25) is 19.0 Å². The summed E-state index contributed by atoms with van der Waals surface area (Å²) in [6, 6.07) is 20.9. The van der Waals surface area contributed by atoms with Crippen molar-refractivity contribution in [3.8, 4) is 11.3 Å². The largest absolute Gasteiger partial charge is 0.329 e. The number of H-pyrrole nitrogens is 1. The molecule has 4 aromatic rings. The monoisotopic (exact) mass is 358 g/mol. The summed E-state index contributed by atoms with van der Waals surface area (Å²) in [7, 11) is 1.76. The molecule has 0 saturated heterocycles. The van der Waals surface area contributed by atoms with Gasteiger partial charge >= 0.3 is 5.69 Å². The number of hydrogen-bond donors (Lipinski definition) is 1. The van der Waals surface area contributed by atoms with Crippen molar-refractivity contribution in [3.05, 3.63) is 111 Å². The first kappa shape index (κ1) is 16.8. The summed E-state index contributed by atoms with van der Waals surface area (Å²) in [6.07, 6.45) is 3.24. The normalized spacial score (nSPS) is 11.0. The minimum absolute atomic E-state index is 0.358. The molecule has 0 saturated carbocycles. The molecule has 0 aliphatic rings. The summed E-state index contributed by atoms with van der Waals surface area (Å²) < 4.78 is 3.17. The minimum Gasteiger partial charge on any atom is -0.288 e. The molecule has 0 atom stereocenters. The summed E-state index contributed by atoms with van der Waals surface area (Å²) in [5.41, 5.74) is 2.06. The van der Waals surface area contributed by atoms with E-state index in [0.717, 1.165) is 11.1 Å². The van der Waals surface area contributed by atoms with Gasteiger partial charge < -0.3 is 0 Å². The minimum atomic E-state index is -0.455. The molecule has 1 N–H and O–H groups in total. The van der Waals surface area contributed by atoms with Crippen molar-refractivity contribution >= 4 is 0 Å². The van der Waals surface area contributed by atoms with Crippen molar-refractivity contribution in [2.45, 2.75) is 6.04 Å². The second kappa shape index (κ2) is 6.92. The Balaban J connectivity index is 1.97. The predicted molar refractivity (Wildman–Crippen MR) is 104 cm³/mol. The molecule has 2 aromatic carbocycles. The van der Waals surface area contributed by atoms with E-state index in [0.29, 0.717) is 11.3 Å². The maximum absolute atomic E-state index is 12.7. The van der Waals surface area contributed by atoms with Crippen LogP contribution in [-0.4, -0.2) is 19.3 Å². The first-order valence-electron chi connectivity index (χ1n) is 8.59. The number of aryl methyl sites for hydroxylation is 1. The van der Waals surface area contributed by atoms with Crippen LogP contribution in [0, 0.1) is 0 Å². The van der Waals surface area contributed by atoms with E-state index in [2.05, 4.69) is 10.1 Å². The average Bonchev–Trinajstić information content (AvgIpc) is 3.11. The smallest absolute Gasteiger partial charge is 0.288 e. The highest BCUT2D eigenvalue weighted by molar-refractivity contribution is 5.56. The van der Waals surface area contributed by atoms with Crippen LogP contribution in [0.5, 0.6) is 0 Å². The molecular formula is C21H18N4O2. The predicted octanol–water partition coefficient (Wildman–Crippen LogP) is 2.57. The number of hydrogen-bond acceptors (Lipinski definition) is 3. The molecular weight excluding hydrogens is 340 g/mol. The summed E-state index contributed by atoms with van der Waals surface area (Å²) in [5, 5.41) is 4.12. The highest BCUT2D eigenvalue weighted by Gasteiger charge is 2.20. The third kappa shape index (κ3) is 3.13. The molecule has 27 heavy (non-hydrogen) atoms. The Kier molecular flexibility index (Phi) is 4.30. The standard InChI is InChI=1S/C21H18N4O2/c1-24-18(12-13-22-24)17-14-25(21(27)23-20(17)26)19(15-8-4-2-5-9-15)16-10-6-3-7-11-16/h2-14,19H,1H3,(H,23,26,27). The average molecular weight is 358 g/mol. The molecule has 134 valence electrons. The van der Waals surface area contributed by atoms with Crippen LogP contribution < -0.4 is 11.2 Å². The molecule has 0 aliphatic heterocycles. The van der Waals surface area contributed by atoms with E-state index in [-0.39, 0.29) is 6.04 Å². The van der Waals surface area contributed by atoms with Gasteiger partial charge in [0.1, 0.15) is 0 Å². The maximum Gasteiger partial charge on any atom is 0.329 e. The number of aromatic amines is 1. The van der Waals surface area contributed by atoms with E-state index in [1.165, 1.54) is 0 Å². The van der Waals surface area contributed by atoms with E-state index < -0.39 is 11.2 Å². The van der Waals surface area contributed by atoms with Crippen molar-refractivity contribution in [2.75, 3.05) is 0 Å². The molecule has 0 bridgehead atoms. The van der Waals surface area contributed by atoms with Crippen LogP contribution in [-0.2, 0) is 7.05 Å². The third-order valence-corrected chi connectivity index (χ3v) is 4.57. The molecule has 0 unspecified atom stereocenters. The van der Waals surface area contributed by atoms with Crippen LogP contribution in [0.1, 0.15) is 17.2 Å². The number of benzene rings is 2.